The largest absolute Gasteiger partial charge is 0.497 e. The van der Waals surface area contributed by atoms with Crippen molar-refractivity contribution in [2.45, 2.75) is 0 Å². The van der Waals surface area contributed by atoms with Gasteiger partial charge in [-0.1, -0.05) is 12.1 Å². The summed E-state index contributed by atoms with van der Waals surface area (Å²) in [7, 11) is 3.05. The SMILES string of the molecule is COc1ccc(OC)c(NC(=O)CN2C(=O)COc3ccccc32)c1. The van der Waals surface area contributed by atoms with Crippen LogP contribution in [-0.2, 0) is 9.59 Å². The highest BCUT2D eigenvalue weighted by molar-refractivity contribution is 6.05. The summed E-state index contributed by atoms with van der Waals surface area (Å²) in [5.74, 6) is 1.05. The van der Waals surface area contributed by atoms with Gasteiger partial charge in [0.1, 0.15) is 23.8 Å². The Labute approximate surface area is 145 Å². The minimum Gasteiger partial charge on any atom is -0.497 e. The average molecular weight is 342 g/mol. The van der Waals surface area contributed by atoms with Crippen molar-refractivity contribution >= 4 is 23.2 Å². The summed E-state index contributed by atoms with van der Waals surface area (Å²) >= 11 is 0. The number of hydrogen-bond donors (Lipinski definition) is 1. The Morgan fingerprint density at radius 1 is 1.20 bits per heavy atom. The van der Waals surface area contributed by atoms with Gasteiger partial charge >= 0.3 is 0 Å². The number of anilines is 2. The van der Waals surface area contributed by atoms with Crippen LogP contribution in [0.4, 0.5) is 11.4 Å². The number of para-hydroxylation sites is 2. The third-order valence-corrected chi connectivity index (χ3v) is 3.79. The van der Waals surface area contributed by atoms with Crippen LogP contribution in [0, 0.1) is 0 Å². The summed E-state index contributed by atoms with van der Waals surface area (Å²) < 4.78 is 15.8. The molecule has 25 heavy (non-hydrogen) atoms. The zero-order valence-corrected chi connectivity index (χ0v) is 13.9. The van der Waals surface area contributed by atoms with Gasteiger partial charge < -0.3 is 19.5 Å². The minimum absolute atomic E-state index is 0.0905. The van der Waals surface area contributed by atoms with Gasteiger partial charge in [0.25, 0.3) is 5.91 Å². The minimum atomic E-state index is -0.350. The van der Waals surface area contributed by atoms with Gasteiger partial charge in [-0.3, -0.25) is 14.5 Å². The van der Waals surface area contributed by atoms with E-state index >= 15 is 0 Å². The number of nitrogens with one attached hydrogen (secondary N) is 1. The van der Waals surface area contributed by atoms with E-state index in [1.165, 1.54) is 19.1 Å². The molecule has 130 valence electrons. The van der Waals surface area contributed by atoms with E-state index in [2.05, 4.69) is 5.32 Å². The Morgan fingerprint density at radius 2 is 2.00 bits per heavy atom. The van der Waals surface area contributed by atoms with E-state index in [0.717, 1.165) is 0 Å². The molecule has 0 aliphatic carbocycles. The summed E-state index contributed by atoms with van der Waals surface area (Å²) in [5, 5.41) is 2.76. The fraction of sp³-hybridized carbons (Fsp3) is 0.222. The molecule has 0 radical (unpaired) electrons. The van der Waals surface area contributed by atoms with Crippen LogP contribution in [0.2, 0.25) is 0 Å². The van der Waals surface area contributed by atoms with Crippen molar-refractivity contribution in [3.8, 4) is 17.2 Å². The molecule has 0 spiro atoms. The number of ether oxygens (including phenoxy) is 3. The molecule has 0 atom stereocenters. The number of benzene rings is 2. The zero-order valence-electron chi connectivity index (χ0n) is 13.9. The number of methoxy groups -OCH3 is 2. The van der Waals surface area contributed by atoms with Gasteiger partial charge in [-0.15, -0.1) is 0 Å². The van der Waals surface area contributed by atoms with Gasteiger partial charge in [-0.25, -0.2) is 0 Å². The van der Waals surface area contributed by atoms with Crippen LogP contribution in [0.15, 0.2) is 42.5 Å². The molecule has 3 rings (SSSR count). The van der Waals surface area contributed by atoms with Crippen LogP contribution < -0.4 is 24.4 Å². The number of fused-ring (bicyclic) bond motifs is 1. The molecule has 1 aliphatic rings. The van der Waals surface area contributed by atoms with E-state index in [1.54, 1.807) is 36.4 Å². The monoisotopic (exact) mass is 342 g/mol. The molecule has 2 aromatic carbocycles. The lowest BCUT2D eigenvalue weighted by atomic mass is 10.2. The maximum atomic E-state index is 12.5. The van der Waals surface area contributed by atoms with Crippen LogP contribution >= 0.6 is 0 Å². The topological polar surface area (TPSA) is 77.1 Å². The van der Waals surface area contributed by atoms with Crippen molar-refractivity contribution in [2.24, 2.45) is 0 Å². The van der Waals surface area contributed by atoms with E-state index in [0.29, 0.717) is 28.6 Å². The van der Waals surface area contributed by atoms with Crippen molar-refractivity contribution in [2.75, 3.05) is 37.6 Å². The molecule has 0 saturated carbocycles. The fourth-order valence-corrected chi connectivity index (χ4v) is 2.57. The first-order valence-electron chi connectivity index (χ1n) is 7.66. The Hall–Kier alpha value is -3.22. The van der Waals surface area contributed by atoms with Crippen LogP contribution in [0.1, 0.15) is 0 Å². The molecule has 7 nitrogen and oxygen atoms in total. The molecule has 0 unspecified atom stereocenters. The Kier molecular flexibility index (Phi) is 4.74. The summed E-state index contributed by atoms with van der Waals surface area (Å²) in [5.41, 5.74) is 1.05. The first kappa shape index (κ1) is 16.6. The standard InChI is InChI=1S/C18H18N2O5/c1-23-12-7-8-15(24-2)13(9-12)19-17(21)10-20-14-5-3-4-6-16(14)25-11-18(20)22/h3-9H,10-11H2,1-2H3,(H,19,21). The number of amides is 2. The van der Waals surface area contributed by atoms with E-state index < -0.39 is 0 Å². The Bertz CT molecular complexity index is 806. The second-order valence-electron chi connectivity index (χ2n) is 5.35. The van der Waals surface area contributed by atoms with E-state index in [-0.39, 0.29) is 25.0 Å². The highest BCUT2D eigenvalue weighted by Gasteiger charge is 2.27. The first-order valence-corrected chi connectivity index (χ1v) is 7.66. The molecule has 0 fully saturated rings. The molecular formula is C18H18N2O5. The normalized spacial score (nSPS) is 12.9. The number of rotatable bonds is 5. The molecule has 1 heterocycles. The second-order valence-corrected chi connectivity index (χ2v) is 5.35. The number of carbonyl (C=O) groups excluding carboxylic acids is 2. The molecule has 1 N–H and O–H groups in total. The Morgan fingerprint density at radius 3 is 2.76 bits per heavy atom. The highest BCUT2D eigenvalue weighted by atomic mass is 16.5. The predicted octanol–water partition coefficient (Wildman–Crippen LogP) is 2.07. The lowest BCUT2D eigenvalue weighted by Crippen LogP contribution is -2.43. The molecule has 7 heteroatoms. The molecule has 0 bridgehead atoms. The summed E-state index contributed by atoms with van der Waals surface area (Å²) in [6.45, 7) is -0.216. The third-order valence-electron chi connectivity index (χ3n) is 3.79. The van der Waals surface area contributed by atoms with Gasteiger partial charge in [0.15, 0.2) is 6.61 Å². The van der Waals surface area contributed by atoms with Crippen molar-refractivity contribution in [3.63, 3.8) is 0 Å². The maximum absolute atomic E-state index is 12.5. The number of carbonyl (C=O) groups is 2. The van der Waals surface area contributed by atoms with Gasteiger partial charge in [-0.2, -0.15) is 0 Å². The number of nitrogens with zero attached hydrogens (tertiary/aromatic N) is 1. The predicted molar refractivity (Wildman–Crippen MR) is 92.5 cm³/mol. The molecule has 2 amide bonds. The van der Waals surface area contributed by atoms with E-state index in [1.807, 2.05) is 6.07 Å². The van der Waals surface area contributed by atoms with Gasteiger partial charge in [-0.05, 0) is 24.3 Å². The van der Waals surface area contributed by atoms with Crippen molar-refractivity contribution in [1.82, 2.24) is 0 Å². The third kappa shape index (κ3) is 3.50. The van der Waals surface area contributed by atoms with Crippen LogP contribution in [0.25, 0.3) is 0 Å². The maximum Gasteiger partial charge on any atom is 0.265 e. The van der Waals surface area contributed by atoms with Gasteiger partial charge in [0, 0.05) is 6.07 Å². The van der Waals surface area contributed by atoms with Crippen LogP contribution in [0.3, 0.4) is 0 Å². The Balaban J connectivity index is 1.78. The molecule has 0 saturated heterocycles. The van der Waals surface area contributed by atoms with Crippen molar-refractivity contribution in [3.05, 3.63) is 42.5 Å². The summed E-state index contributed by atoms with van der Waals surface area (Å²) in [4.78, 5) is 26.0. The van der Waals surface area contributed by atoms with Crippen molar-refractivity contribution < 1.29 is 23.8 Å². The van der Waals surface area contributed by atoms with E-state index in [4.69, 9.17) is 14.2 Å². The summed E-state index contributed by atoms with van der Waals surface area (Å²) in [6.07, 6.45) is 0. The average Bonchev–Trinajstić information content (AvgIpc) is 2.64. The molecule has 1 aliphatic heterocycles. The highest BCUT2D eigenvalue weighted by Crippen LogP contribution is 2.32. The van der Waals surface area contributed by atoms with E-state index in [9.17, 15) is 9.59 Å². The van der Waals surface area contributed by atoms with Crippen molar-refractivity contribution in [1.29, 1.82) is 0 Å². The summed E-state index contributed by atoms with van der Waals surface area (Å²) in [6, 6.07) is 12.2. The van der Waals surface area contributed by atoms with Gasteiger partial charge in [0.2, 0.25) is 5.91 Å². The fourth-order valence-electron chi connectivity index (χ4n) is 2.57. The molecular weight excluding hydrogens is 324 g/mol. The quantitative estimate of drug-likeness (QED) is 0.900. The second kappa shape index (κ2) is 7.12. The van der Waals surface area contributed by atoms with Gasteiger partial charge in [0.05, 0.1) is 25.6 Å². The first-order chi connectivity index (χ1) is 12.1. The lowest BCUT2D eigenvalue weighted by Gasteiger charge is -2.28. The lowest BCUT2D eigenvalue weighted by molar-refractivity contribution is -0.123. The molecule has 2 aromatic rings. The number of hydrogen-bond acceptors (Lipinski definition) is 5. The van der Waals surface area contributed by atoms with Crippen LogP contribution in [0.5, 0.6) is 17.2 Å². The smallest absolute Gasteiger partial charge is 0.265 e. The molecule has 0 aromatic heterocycles. The van der Waals surface area contributed by atoms with Crippen LogP contribution in [-0.4, -0.2) is 39.2 Å². The zero-order chi connectivity index (χ0) is 17.8.